The maximum absolute atomic E-state index is 10.3. The van der Waals surface area contributed by atoms with E-state index >= 15 is 0 Å². The molecule has 1 saturated heterocycles. The van der Waals surface area contributed by atoms with Crippen LogP contribution in [0.5, 0.6) is 0 Å². The van der Waals surface area contributed by atoms with Crippen LogP contribution >= 0.6 is 0 Å². The van der Waals surface area contributed by atoms with Crippen LogP contribution in [0.4, 0.5) is 0 Å². The van der Waals surface area contributed by atoms with Gasteiger partial charge in [-0.2, -0.15) is 0 Å². The Bertz CT molecular complexity index is 211. The molecule has 0 radical (unpaired) electrons. The second-order valence-corrected chi connectivity index (χ2v) is 6.06. The van der Waals surface area contributed by atoms with E-state index in [0.717, 1.165) is 18.5 Å². The molecule has 16 heavy (non-hydrogen) atoms. The number of β-amino-alcohol motifs (C(OH)–C–C–N with tert-alkyl or cyclic N) is 1. The highest BCUT2D eigenvalue weighted by Crippen LogP contribution is 2.30. The number of aliphatic hydroxyl groups is 1. The maximum Gasteiger partial charge on any atom is 0.0695 e. The highest BCUT2D eigenvalue weighted by molar-refractivity contribution is 4.85. The Kier molecular flexibility index (Phi) is 4.26. The molecule has 0 bridgehead atoms. The van der Waals surface area contributed by atoms with Crippen LogP contribution in [0.3, 0.4) is 0 Å². The maximum atomic E-state index is 10.3. The van der Waals surface area contributed by atoms with Crippen molar-refractivity contribution in [3.63, 3.8) is 0 Å². The average Bonchev–Trinajstić information content (AvgIpc) is 2.86. The van der Waals surface area contributed by atoms with Crippen molar-refractivity contribution in [3.8, 4) is 0 Å². The van der Waals surface area contributed by atoms with Gasteiger partial charge in [-0.25, -0.2) is 0 Å². The standard InChI is InChI=1S/C14H27NO/c1-11(2)13-8-5-9-15(13)10-14(16)12-6-3-4-7-12/h11-14,16H,3-10H2,1-2H3. The summed E-state index contributed by atoms with van der Waals surface area (Å²) in [5.41, 5.74) is 0. The van der Waals surface area contributed by atoms with Gasteiger partial charge in [-0.1, -0.05) is 26.7 Å². The van der Waals surface area contributed by atoms with E-state index in [1.807, 2.05) is 0 Å². The van der Waals surface area contributed by atoms with E-state index in [9.17, 15) is 5.11 Å². The molecule has 0 spiro atoms. The van der Waals surface area contributed by atoms with Crippen LogP contribution in [0.1, 0.15) is 52.4 Å². The zero-order chi connectivity index (χ0) is 11.5. The monoisotopic (exact) mass is 225 g/mol. The van der Waals surface area contributed by atoms with E-state index in [4.69, 9.17) is 0 Å². The van der Waals surface area contributed by atoms with Crippen LogP contribution in [-0.4, -0.2) is 35.2 Å². The van der Waals surface area contributed by atoms with E-state index < -0.39 is 0 Å². The minimum atomic E-state index is -0.0677. The summed E-state index contributed by atoms with van der Waals surface area (Å²) in [6, 6.07) is 0.719. The molecule has 0 amide bonds. The summed E-state index contributed by atoms with van der Waals surface area (Å²) in [7, 11) is 0. The van der Waals surface area contributed by atoms with Crippen LogP contribution in [0.2, 0.25) is 0 Å². The van der Waals surface area contributed by atoms with Crippen LogP contribution < -0.4 is 0 Å². The van der Waals surface area contributed by atoms with E-state index in [-0.39, 0.29) is 6.10 Å². The summed E-state index contributed by atoms with van der Waals surface area (Å²) in [4.78, 5) is 2.54. The van der Waals surface area contributed by atoms with Crippen LogP contribution in [0.15, 0.2) is 0 Å². The first-order valence-corrected chi connectivity index (χ1v) is 7.10. The molecule has 1 aliphatic carbocycles. The third kappa shape index (κ3) is 2.78. The normalized spacial score (nSPS) is 30.4. The van der Waals surface area contributed by atoms with Gasteiger partial charge in [0.1, 0.15) is 0 Å². The Morgan fingerprint density at radius 3 is 2.44 bits per heavy atom. The lowest BCUT2D eigenvalue weighted by atomic mass is 9.98. The number of likely N-dealkylation sites (tertiary alicyclic amines) is 1. The van der Waals surface area contributed by atoms with E-state index in [1.165, 1.54) is 45.1 Å². The predicted molar refractivity (Wildman–Crippen MR) is 67.4 cm³/mol. The van der Waals surface area contributed by atoms with Gasteiger partial charge in [0.25, 0.3) is 0 Å². The number of aliphatic hydroxyl groups excluding tert-OH is 1. The van der Waals surface area contributed by atoms with Gasteiger partial charge < -0.3 is 5.11 Å². The molecule has 1 heterocycles. The van der Waals surface area contributed by atoms with E-state index in [2.05, 4.69) is 18.7 Å². The summed E-state index contributed by atoms with van der Waals surface area (Å²) >= 11 is 0. The molecule has 2 nitrogen and oxygen atoms in total. The minimum Gasteiger partial charge on any atom is -0.392 e. The Morgan fingerprint density at radius 1 is 1.12 bits per heavy atom. The molecule has 2 fully saturated rings. The second-order valence-electron chi connectivity index (χ2n) is 6.06. The van der Waals surface area contributed by atoms with Crippen LogP contribution in [0.25, 0.3) is 0 Å². The molecule has 2 heteroatoms. The average molecular weight is 225 g/mol. The van der Waals surface area contributed by atoms with Crippen molar-refractivity contribution < 1.29 is 5.11 Å². The first-order valence-electron chi connectivity index (χ1n) is 7.10. The molecular weight excluding hydrogens is 198 g/mol. The van der Waals surface area contributed by atoms with Crippen molar-refractivity contribution in [2.24, 2.45) is 11.8 Å². The predicted octanol–water partition coefficient (Wildman–Crippen LogP) is 2.66. The number of hydrogen-bond acceptors (Lipinski definition) is 2. The topological polar surface area (TPSA) is 23.5 Å². The van der Waals surface area contributed by atoms with Crippen molar-refractivity contribution in [2.45, 2.75) is 64.5 Å². The SMILES string of the molecule is CC(C)C1CCCN1CC(O)C1CCCC1. The Balaban J connectivity index is 1.83. The minimum absolute atomic E-state index is 0.0677. The van der Waals surface area contributed by atoms with Gasteiger partial charge in [0.15, 0.2) is 0 Å². The number of rotatable bonds is 4. The third-order valence-electron chi connectivity index (χ3n) is 4.55. The van der Waals surface area contributed by atoms with Gasteiger partial charge in [-0.3, -0.25) is 4.90 Å². The number of hydrogen-bond donors (Lipinski definition) is 1. The van der Waals surface area contributed by atoms with Gasteiger partial charge in [0.2, 0.25) is 0 Å². The lowest BCUT2D eigenvalue weighted by Gasteiger charge is -2.31. The third-order valence-corrected chi connectivity index (χ3v) is 4.55. The molecule has 2 rings (SSSR count). The molecule has 1 saturated carbocycles. The van der Waals surface area contributed by atoms with Gasteiger partial charge in [0.05, 0.1) is 6.10 Å². The van der Waals surface area contributed by atoms with Gasteiger partial charge in [-0.05, 0) is 44.1 Å². The molecule has 2 aliphatic rings. The highest BCUT2D eigenvalue weighted by Gasteiger charge is 2.31. The van der Waals surface area contributed by atoms with E-state index in [1.54, 1.807) is 0 Å². The molecule has 1 N–H and O–H groups in total. The van der Waals surface area contributed by atoms with Crippen molar-refractivity contribution >= 4 is 0 Å². The van der Waals surface area contributed by atoms with E-state index in [0.29, 0.717) is 5.92 Å². The quantitative estimate of drug-likeness (QED) is 0.795. The Labute approximate surface area is 100 Å². The summed E-state index contributed by atoms with van der Waals surface area (Å²) < 4.78 is 0. The Hall–Kier alpha value is -0.0800. The zero-order valence-electron chi connectivity index (χ0n) is 10.9. The molecule has 2 atom stereocenters. The summed E-state index contributed by atoms with van der Waals surface area (Å²) in [6.07, 6.45) is 7.74. The van der Waals surface area contributed by atoms with Gasteiger partial charge >= 0.3 is 0 Å². The van der Waals surface area contributed by atoms with Crippen LogP contribution in [0, 0.1) is 11.8 Å². The smallest absolute Gasteiger partial charge is 0.0695 e. The summed E-state index contributed by atoms with van der Waals surface area (Å²) in [5.74, 6) is 1.33. The molecule has 0 aromatic carbocycles. The first-order chi connectivity index (χ1) is 7.68. The number of nitrogens with zero attached hydrogens (tertiary/aromatic N) is 1. The molecule has 1 aliphatic heterocycles. The second kappa shape index (κ2) is 5.50. The lowest BCUT2D eigenvalue weighted by Crippen LogP contribution is -2.41. The molecule has 94 valence electrons. The Morgan fingerprint density at radius 2 is 1.81 bits per heavy atom. The van der Waals surface area contributed by atoms with Crippen molar-refractivity contribution in [1.82, 2.24) is 4.90 Å². The zero-order valence-corrected chi connectivity index (χ0v) is 10.9. The molecule has 0 aromatic heterocycles. The van der Waals surface area contributed by atoms with Crippen molar-refractivity contribution in [3.05, 3.63) is 0 Å². The van der Waals surface area contributed by atoms with Crippen LogP contribution in [-0.2, 0) is 0 Å². The van der Waals surface area contributed by atoms with Gasteiger partial charge in [-0.15, -0.1) is 0 Å². The first kappa shape index (κ1) is 12.4. The largest absolute Gasteiger partial charge is 0.392 e. The van der Waals surface area contributed by atoms with Crippen molar-refractivity contribution in [2.75, 3.05) is 13.1 Å². The molecular formula is C14H27NO. The lowest BCUT2D eigenvalue weighted by molar-refractivity contribution is 0.0537. The van der Waals surface area contributed by atoms with Crippen molar-refractivity contribution in [1.29, 1.82) is 0 Å². The fourth-order valence-corrected chi connectivity index (χ4v) is 3.57. The fraction of sp³-hybridized carbons (Fsp3) is 1.00. The highest BCUT2D eigenvalue weighted by atomic mass is 16.3. The fourth-order valence-electron chi connectivity index (χ4n) is 3.57. The summed E-state index contributed by atoms with van der Waals surface area (Å²) in [6.45, 7) is 6.75. The summed E-state index contributed by atoms with van der Waals surface area (Å²) in [5, 5.41) is 10.3. The van der Waals surface area contributed by atoms with Gasteiger partial charge in [0, 0.05) is 12.6 Å². The molecule has 0 aromatic rings. The molecule has 2 unspecified atom stereocenters.